The molecule has 0 aliphatic carbocycles. The van der Waals surface area contributed by atoms with E-state index in [4.69, 9.17) is 0 Å². The molecule has 0 bridgehead atoms. The summed E-state index contributed by atoms with van der Waals surface area (Å²) in [7, 11) is 0. The Labute approximate surface area is 320 Å². The van der Waals surface area contributed by atoms with Gasteiger partial charge in [-0.1, -0.05) is 181 Å². The molecule has 256 valence electrons. The number of hydrogen-bond acceptors (Lipinski definition) is 3. The molecule has 0 spiro atoms. The van der Waals surface area contributed by atoms with Crippen LogP contribution in [0, 0.1) is 0 Å². The third-order valence-corrected chi connectivity index (χ3v) is 11.6. The van der Waals surface area contributed by atoms with E-state index in [2.05, 4.69) is 199 Å². The average Bonchev–Trinajstić information content (AvgIpc) is 3.63. The van der Waals surface area contributed by atoms with Crippen LogP contribution in [0.3, 0.4) is 0 Å². The fourth-order valence-corrected chi connectivity index (χ4v) is 8.69. The van der Waals surface area contributed by atoms with Crippen LogP contribution >= 0.6 is 11.3 Å². The molecule has 0 saturated heterocycles. The van der Waals surface area contributed by atoms with Gasteiger partial charge in [0, 0.05) is 15.5 Å². The van der Waals surface area contributed by atoms with E-state index in [1.165, 1.54) is 64.8 Å². The summed E-state index contributed by atoms with van der Waals surface area (Å²) in [6.07, 6.45) is 7.68. The highest BCUT2D eigenvalue weighted by Gasteiger charge is 2.19. The predicted octanol–water partition coefficient (Wildman–Crippen LogP) is 12.3. The Bertz CT molecular complexity index is 2800. The van der Waals surface area contributed by atoms with Crippen molar-refractivity contribution in [1.82, 2.24) is 10.2 Å². The first kappa shape index (κ1) is 33.5. The predicted molar refractivity (Wildman–Crippen MR) is 234 cm³/mol. The van der Waals surface area contributed by atoms with Crippen LogP contribution in [0.25, 0.3) is 70.2 Å². The lowest BCUT2D eigenvalue weighted by atomic mass is 9.38. The maximum absolute atomic E-state index is 4.67. The number of thiophene rings is 1. The van der Waals surface area contributed by atoms with Gasteiger partial charge in [0.25, 0.3) is 0 Å². The van der Waals surface area contributed by atoms with Gasteiger partial charge in [0.05, 0.1) is 10.2 Å². The molecule has 9 aromatic rings. The zero-order valence-electron chi connectivity index (χ0n) is 30.1. The van der Waals surface area contributed by atoms with Crippen molar-refractivity contribution in [2.45, 2.75) is 13.2 Å². The van der Waals surface area contributed by atoms with Crippen LogP contribution in [0.2, 0.25) is 6.32 Å². The van der Waals surface area contributed by atoms with Crippen molar-refractivity contribution in [2.75, 3.05) is 0 Å². The summed E-state index contributed by atoms with van der Waals surface area (Å²) < 4.78 is 2.42. The van der Waals surface area contributed by atoms with Crippen LogP contribution in [-0.2, 0) is 0 Å². The van der Waals surface area contributed by atoms with Gasteiger partial charge in [-0.2, -0.15) is 0 Å². The van der Waals surface area contributed by atoms with Crippen molar-refractivity contribution in [3.05, 3.63) is 200 Å². The van der Waals surface area contributed by atoms with Crippen molar-refractivity contribution in [3.8, 4) is 33.4 Å². The third-order valence-electron chi connectivity index (χ3n) is 10.4. The lowest BCUT2D eigenvalue weighted by molar-refractivity contribution is 1.13. The molecule has 0 saturated carbocycles. The van der Waals surface area contributed by atoms with Crippen LogP contribution in [0.4, 0.5) is 0 Å². The molecule has 0 aliphatic rings. The van der Waals surface area contributed by atoms with Crippen LogP contribution in [0.1, 0.15) is 12.5 Å². The monoisotopic (exact) mass is 708 g/mol. The molecular formula is C50H37BN2S. The first-order chi connectivity index (χ1) is 26.7. The Balaban J connectivity index is 1.06. The quantitative estimate of drug-likeness (QED) is 0.110. The van der Waals surface area contributed by atoms with E-state index in [0.717, 1.165) is 28.1 Å². The molecule has 4 heteroatoms. The summed E-state index contributed by atoms with van der Waals surface area (Å²) in [6.45, 7) is 2.30. The fraction of sp³-hybridized carbons (Fsp3) is 0.0400. The number of nitrogens with zero attached hydrogens (tertiary/aromatic N) is 2. The number of benzene rings is 7. The van der Waals surface area contributed by atoms with E-state index >= 15 is 0 Å². The van der Waals surface area contributed by atoms with E-state index in [0.29, 0.717) is 0 Å². The van der Waals surface area contributed by atoms with E-state index in [-0.39, 0.29) is 6.71 Å². The second kappa shape index (κ2) is 14.9. The Morgan fingerprint density at radius 3 is 1.94 bits per heavy atom. The Kier molecular flexibility index (Phi) is 9.26. The Morgan fingerprint density at radius 2 is 1.17 bits per heavy atom. The zero-order valence-corrected chi connectivity index (χ0v) is 30.9. The van der Waals surface area contributed by atoms with Gasteiger partial charge in [-0.05, 0) is 82.0 Å². The van der Waals surface area contributed by atoms with Crippen molar-refractivity contribution in [3.63, 3.8) is 0 Å². The highest BCUT2D eigenvalue weighted by molar-refractivity contribution is 7.26. The van der Waals surface area contributed by atoms with Gasteiger partial charge in [0.1, 0.15) is 5.52 Å². The molecule has 0 N–H and O–H groups in total. The summed E-state index contributed by atoms with van der Waals surface area (Å²) in [4.78, 5) is 0. The van der Waals surface area contributed by atoms with E-state index in [9.17, 15) is 0 Å². The average molecular weight is 709 g/mol. The van der Waals surface area contributed by atoms with Crippen molar-refractivity contribution >= 4 is 65.8 Å². The Hall–Kier alpha value is -6.36. The SMILES string of the molecule is C/C=C(\C=C/CB(c1ccc(-c2ccccc2)cc1)c1cccc(-c2cccc(-c3ccc4sc5c6ccccc6nnc5c4c3)c2)c1)c1ccccc1. The third kappa shape index (κ3) is 6.69. The van der Waals surface area contributed by atoms with Crippen LogP contribution < -0.4 is 10.9 Å². The molecular weight excluding hydrogens is 671 g/mol. The minimum atomic E-state index is 0.189. The van der Waals surface area contributed by atoms with Crippen LogP contribution in [0.5, 0.6) is 0 Å². The minimum absolute atomic E-state index is 0.189. The summed E-state index contributed by atoms with van der Waals surface area (Å²) in [5, 5.41) is 11.5. The number of allylic oxidation sites excluding steroid dienone is 4. The van der Waals surface area contributed by atoms with Crippen molar-refractivity contribution in [1.29, 1.82) is 0 Å². The molecule has 2 aromatic heterocycles. The molecule has 2 heterocycles. The fourth-order valence-electron chi connectivity index (χ4n) is 7.54. The van der Waals surface area contributed by atoms with Gasteiger partial charge in [0.15, 0.2) is 0 Å². The first-order valence-corrected chi connectivity index (χ1v) is 19.4. The van der Waals surface area contributed by atoms with Crippen LogP contribution in [-0.4, -0.2) is 16.9 Å². The number of hydrogen-bond donors (Lipinski definition) is 0. The topological polar surface area (TPSA) is 25.8 Å². The standard InChI is InChI=1S/C50H37BN2S/c1-2-35(36-14-5-3-6-15-36)21-13-31-51(43-28-25-38(26-29-43)37-16-7-4-8-17-37)44-22-12-20-41(33-44)39-18-11-19-40(32-39)42-27-30-48-46(34-42)49-50(54-48)45-23-9-10-24-47(45)52-53-49/h2-30,32-34H,31H2,1H3/b21-13-,35-2+. The smallest absolute Gasteiger partial charge is 0.150 e. The minimum Gasteiger partial charge on any atom is -0.150 e. The summed E-state index contributed by atoms with van der Waals surface area (Å²) in [5.74, 6) is 0. The second-order valence-electron chi connectivity index (χ2n) is 13.7. The van der Waals surface area contributed by atoms with Crippen molar-refractivity contribution in [2.24, 2.45) is 0 Å². The van der Waals surface area contributed by atoms with Crippen LogP contribution in [0.15, 0.2) is 194 Å². The van der Waals surface area contributed by atoms with E-state index in [1.54, 1.807) is 11.3 Å². The molecule has 0 atom stereocenters. The van der Waals surface area contributed by atoms with Gasteiger partial charge in [-0.25, -0.2) is 0 Å². The summed E-state index contributed by atoms with van der Waals surface area (Å²) >= 11 is 1.79. The van der Waals surface area contributed by atoms with Gasteiger partial charge >= 0.3 is 0 Å². The molecule has 7 aromatic carbocycles. The maximum atomic E-state index is 4.67. The normalized spacial score (nSPS) is 11.9. The van der Waals surface area contributed by atoms with Gasteiger partial charge in [0.2, 0.25) is 6.71 Å². The van der Waals surface area contributed by atoms with Gasteiger partial charge in [-0.15, -0.1) is 21.5 Å². The molecule has 0 amide bonds. The zero-order chi connectivity index (χ0) is 36.3. The van der Waals surface area contributed by atoms with Gasteiger partial charge < -0.3 is 0 Å². The molecule has 0 unspecified atom stereocenters. The molecule has 0 radical (unpaired) electrons. The van der Waals surface area contributed by atoms with Gasteiger partial charge in [-0.3, -0.25) is 0 Å². The maximum Gasteiger partial charge on any atom is 0.213 e. The van der Waals surface area contributed by atoms with E-state index in [1.807, 2.05) is 12.1 Å². The lowest BCUT2D eigenvalue weighted by Gasteiger charge is -2.16. The highest BCUT2D eigenvalue weighted by Crippen LogP contribution is 2.38. The number of aromatic nitrogens is 2. The molecule has 0 fully saturated rings. The van der Waals surface area contributed by atoms with E-state index < -0.39 is 0 Å². The number of fused-ring (bicyclic) bond motifs is 5. The molecule has 0 aliphatic heterocycles. The number of rotatable bonds is 9. The van der Waals surface area contributed by atoms with Crippen molar-refractivity contribution < 1.29 is 0 Å². The Morgan fingerprint density at radius 1 is 0.537 bits per heavy atom. The highest BCUT2D eigenvalue weighted by atomic mass is 32.1. The lowest BCUT2D eigenvalue weighted by Crippen LogP contribution is -2.41. The molecule has 2 nitrogen and oxygen atoms in total. The first-order valence-electron chi connectivity index (χ1n) is 18.5. The molecule has 54 heavy (non-hydrogen) atoms. The second-order valence-corrected chi connectivity index (χ2v) is 14.8. The summed E-state index contributed by atoms with van der Waals surface area (Å²) in [6, 6.07) is 63.4. The summed E-state index contributed by atoms with van der Waals surface area (Å²) in [5.41, 5.74) is 14.2. The molecule has 9 rings (SSSR count). The largest absolute Gasteiger partial charge is 0.213 e.